The number of likely N-dealkylation sites (N-methyl/N-ethyl adjacent to an activating group) is 1. The Morgan fingerprint density at radius 1 is 1.12 bits per heavy atom. The fourth-order valence-electron chi connectivity index (χ4n) is 2.92. The highest BCUT2D eigenvalue weighted by molar-refractivity contribution is 5.62. The van der Waals surface area contributed by atoms with Crippen LogP contribution in [0.25, 0.3) is 17.1 Å². The molecule has 0 saturated carbocycles. The second kappa shape index (κ2) is 6.09. The first kappa shape index (κ1) is 14.9. The van der Waals surface area contributed by atoms with Gasteiger partial charge in [-0.2, -0.15) is 4.98 Å². The number of rotatable bonds is 3. The van der Waals surface area contributed by atoms with Crippen LogP contribution in [0.15, 0.2) is 41.4 Å². The first-order chi connectivity index (χ1) is 11.7. The topological polar surface area (TPSA) is 63.2 Å². The average Bonchev–Trinajstić information content (AvgIpc) is 3.27. The molecule has 3 aromatic rings. The van der Waals surface area contributed by atoms with Gasteiger partial charge in [-0.25, -0.2) is 4.98 Å². The van der Waals surface area contributed by atoms with Crippen molar-refractivity contribution in [3.05, 3.63) is 42.5 Å². The Hall–Kier alpha value is -2.67. The highest BCUT2D eigenvalue weighted by Gasteiger charge is 2.20. The quantitative estimate of drug-likeness (QED) is 0.734. The van der Waals surface area contributed by atoms with E-state index < -0.39 is 0 Å². The Morgan fingerprint density at radius 3 is 2.67 bits per heavy atom. The summed E-state index contributed by atoms with van der Waals surface area (Å²) >= 11 is 0. The van der Waals surface area contributed by atoms with Gasteiger partial charge in [0, 0.05) is 49.8 Å². The third-order valence-electron chi connectivity index (χ3n) is 4.44. The van der Waals surface area contributed by atoms with Gasteiger partial charge < -0.3 is 18.9 Å². The van der Waals surface area contributed by atoms with Crippen LogP contribution < -0.4 is 4.90 Å². The Morgan fingerprint density at radius 2 is 1.96 bits per heavy atom. The lowest BCUT2D eigenvalue weighted by atomic mass is 10.1. The molecule has 2 aromatic heterocycles. The summed E-state index contributed by atoms with van der Waals surface area (Å²) in [6.45, 7) is 5.93. The fourth-order valence-corrected chi connectivity index (χ4v) is 2.92. The zero-order valence-corrected chi connectivity index (χ0v) is 13.9. The molecule has 1 aromatic carbocycles. The third-order valence-corrected chi connectivity index (χ3v) is 4.44. The van der Waals surface area contributed by atoms with Crippen molar-refractivity contribution in [2.75, 3.05) is 38.1 Å². The summed E-state index contributed by atoms with van der Waals surface area (Å²) in [4.78, 5) is 13.1. The number of aryl methyl sites for hydroxylation is 1. The van der Waals surface area contributed by atoms with Crippen molar-refractivity contribution >= 4 is 5.95 Å². The van der Waals surface area contributed by atoms with Crippen molar-refractivity contribution < 1.29 is 4.52 Å². The van der Waals surface area contributed by atoms with Gasteiger partial charge in [0.1, 0.15) is 0 Å². The molecule has 0 bridgehead atoms. The summed E-state index contributed by atoms with van der Waals surface area (Å²) in [6.07, 6.45) is 5.48. The zero-order chi connectivity index (χ0) is 16.5. The summed E-state index contributed by atoms with van der Waals surface area (Å²) in [5.41, 5.74) is 3.12. The molecule has 1 aliphatic rings. The number of benzene rings is 1. The number of anilines is 1. The van der Waals surface area contributed by atoms with Crippen LogP contribution in [0, 0.1) is 6.92 Å². The molecule has 1 aliphatic heterocycles. The highest BCUT2D eigenvalue weighted by Crippen LogP contribution is 2.26. The number of piperazine rings is 1. The van der Waals surface area contributed by atoms with E-state index in [1.807, 2.05) is 22.9 Å². The van der Waals surface area contributed by atoms with Gasteiger partial charge in [0.05, 0.1) is 6.33 Å². The molecule has 0 spiro atoms. The number of hydrogen-bond acceptors (Lipinski definition) is 6. The second-order valence-corrected chi connectivity index (χ2v) is 6.16. The Balaban J connectivity index is 1.58. The van der Waals surface area contributed by atoms with Gasteiger partial charge in [0.15, 0.2) is 0 Å². The van der Waals surface area contributed by atoms with Crippen LogP contribution in [-0.4, -0.2) is 57.8 Å². The van der Waals surface area contributed by atoms with E-state index in [0.717, 1.165) is 43.0 Å². The summed E-state index contributed by atoms with van der Waals surface area (Å²) < 4.78 is 7.48. The minimum absolute atomic E-state index is 0.568. The number of imidazole rings is 1. The largest absolute Gasteiger partial charge is 0.336 e. The van der Waals surface area contributed by atoms with Crippen molar-refractivity contribution in [1.29, 1.82) is 0 Å². The van der Waals surface area contributed by atoms with Crippen molar-refractivity contribution in [2.24, 2.45) is 0 Å². The highest BCUT2D eigenvalue weighted by atomic mass is 16.5. The van der Waals surface area contributed by atoms with E-state index in [1.165, 1.54) is 0 Å². The molecule has 7 heteroatoms. The maximum Gasteiger partial charge on any atom is 0.266 e. The molecular formula is C17H20N6O. The first-order valence-electron chi connectivity index (χ1n) is 8.07. The van der Waals surface area contributed by atoms with Crippen molar-refractivity contribution in [3.8, 4) is 17.1 Å². The molecule has 0 atom stereocenters. The van der Waals surface area contributed by atoms with Crippen LogP contribution >= 0.6 is 0 Å². The number of hydrogen-bond donors (Lipinski definition) is 0. The van der Waals surface area contributed by atoms with E-state index in [1.54, 1.807) is 12.5 Å². The van der Waals surface area contributed by atoms with E-state index in [-0.39, 0.29) is 0 Å². The van der Waals surface area contributed by atoms with Crippen LogP contribution in [0.3, 0.4) is 0 Å². The molecule has 0 amide bonds. The van der Waals surface area contributed by atoms with E-state index in [2.05, 4.69) is 45.0 Å². The predicted octanol–water partition coefficient (Wildman–Crippen LogP) is 1.98. The van der Waals surface area contributed by atoms with Crippen LogP contribution in [0.5, 0.6) is 0 Å². The summed E-state index contributed by atoms with van der Waals surface area (Å²) in [5, 5.41) is 4.16. The van der Waals surface area contributed by atoms with Crippen molar-refractivity contribution in [2.45, 2.75) is 6.92 Å². The molecule has 0 radical (unpaired) electrons. The van der Waals surface area contributed by atoms with Crippen LogP contribution in [0.1, 0.15) is 5.56 Å². The van der Waals surface area contributed by atoms with E-state index in [4.69, 9.17) is 4.52 Å². The molecular weight excluding hydrogens is 304 g/mol. The Kier molecular flexibility index (Phi) is 3.78. The molecule has 0 aliphatic carbocycles. The third kappa shape index (κ3) is 2.78. The molecule has 1 saturated heterocycles. The Labute approximate surface area is 140 Å². The maximum absolute atomic E-state index is 5.51. The van der Waals surface area contributed by atoms with Gasteiger partial charge in [-0.05, 0) is 42.9 Å². The summed E-state index contributed by atoms with van der Waals surface area (Å²) in [7, 11) is 2.13. The lowest BCUT2D eigenvalue weighted by Gasteiger charge is -2.31. The molecule has 0 N–H and O–H groups in total. The average molecular weight is 324 g/mol. The maximum atomic E-state index is 5.51. The SMILES string of the molecule is Cc1cc(-n2ccnc2)ccc1-c1nc(N2CCN(C)CC2)no1. The predicted molar refractivity (Wildman–Crippen MR) is 91.3 cm³/mol. The van der Waals surface area contributed by atoms with Gasteiger partial charge in [-0.15, -0.1) is 0 Å². The summed E-state index contributed by atoms with van der Waals surface area (Å²) in [5.74, 6) is 1.25. The number of nitrogens with zero attached hydrogens (tertiary/aromatic N) is 6. The van der Waals surface area contributed by atoms with Gasteiger partial charge in [0.2, 0.25) is 0 Å². The van der Waals surface area contributed by atoms with Gasteiger partial charge in [-0.3, -0.25) is 0 Å². The Bertz CT molecular complexity index is 817. The molecule has 1 fully saturated rings. The second-order valence-electron chi connectivity index (χ2n) is 6.16. The zero-order valence-electron chi connectivity index (χ0n) is 13.9. The smallest absolute Gasteiger partial charge is 0.266 e. The molecule has 7 nitrogen and oxygen atoms in total. The van der Waals surface area contributed by atoms with Crippen LogP contribution in [-0.2, 0) is 0 Å². The molecule has 124 valence electrons. The minimum Gasteiger partial charge on any atom is -0.336 e. The first-order valence-corrected chi connectivity index (χ1v) is 8.07. The molecule has 0 unspecified atom stereocenters. The van der Waals surface area contributed by atoms with Crippen LogP contribution in [0.4, 0.5) is 5.95 Å². The van der Waals surface area contributed by atoms with Crippen LogP contribution in [0.2, 0.25) is 0 Å². The van der Waals surface area contributed by atoms with Gasteiger partial charge in [0.25, 0.3) is 11.8 Å². The van der Waals surface area contributed by atoms with E-state index >= 15 is 0 Å². The fraction of sp³-hybridized carbons (Fsp3) is 0.353. The molecule has 3 heterocycles. The standard InChI is InChI=1S/C17H20N6O/c1-13-11-14(23-6-5-18-12-23)3-4-15(13)16-19-17(20-24-16)22-9-7-21(2)8-10-22/h3-6,11-12H,7-10H2,1-2H3. The normalized spacial score (nSPS) is 15.8. The van der Waals surface area contributed by atoms with Gasteiger partial charge >= 0.3 is 0 Å². The van der Waals surface area contributed by atoms with E-state index in [9.17, 15) is 0 Å². The lowest BCUT2D eigenvalue weighted by molar-refractivity contribution is 0.309. The monoisotopic (exact) mass is 324 g/mol. The number of aromatic nitrogens is 4. The van der Waals surface area contributed by atoms with E-state index in [0.29, 0.717) is 11.8 Å². The summed E-state index contributed by atoms with van der Waals surface area (Å²) in [6, 6.07) is 6.15. The minimum atomic E-state index is 0.568. The molecule has 24 heavy (non-hydrogen) atoms. The lowest BCUT2D eigenvalue weighted by Crippen LogP contribution is -2.44. The van der Waals surface area contributed by atoms with Crippen molar-refractivity contribution in [3.63, 3.8) is 0 Å². The molecule has 4 rings (SSSR count). The van der Waals surface area contributed by atoms with Crippen molar-refractivity contribution in [1.82, 2.24) is 24.6 Å². The van der Waals surface area contributed by atoms with Gasteiger partial charge in [-0.1, -0.05) is 0 Å².